The Kier molecular flexibility index (Phi) is 3.50. The fourth-order valence-electron chi connectivity index (χ4n) is 1.70. The predicted octanol–water partition coefficient (Wildman–Crippen LogP) is 0.790. The van der Waals surface area contributed by atoms with Crippen molar-refractivity contribution in [3.05, 3.63) is 17.5 Å². The van der Waals surface area contributed by atoms with Crippen LogP contribution in [-0.2, 0) is 7.05 Å². The second-order valence-corrected chi connectivity index (χ2v) is 3.38. The number of nitrogens with zero attached hydrogens (tertiary/aromatic N) is 3. The molecule has 1 aromatic rings. The van der Waals surface area contributed by atoms with Gasteiger partial charge in [0.25, 0.3) is 0 Å². The number of hydrogen-bond donors (Lipinski definition) is 1. The molecule has 0 spiro atoms. The number of aromatic nitrogens is 2. The van der Waals surface area contributed by atoms with Gasteiger partial charge in [0.1, 0.15) is 11.8 Å². The van der Waals surface area contributed by atoms with Crippen molar-refractivity contribution in [3.63, 3.8) is 0 Å². The molecule has 0 bridgehead atoms. The molecule has 1 unspecified atom stereocenters. The van der Waals surface area contributed by atoms with Crippen molar-refractivity contribution >= 4 is 12.4 Å². The number of nitriles is 1. The summed E-state index contributed by atoms with van der Waals surface area (Å²) in [6.07, 6.45) is 1.13. The van der Waals surface area contributed by atoms with Crippen molar-refractivity contribution in [2.75, 3.05) is 13.1 Å². The lowest BCUT2D eigenvalue weighted by molar-refractivity contribution is 0.677. The minimum Gasteiger partial charge on any atom is -0.316 e. The van der Waals surface area contributed by atoms with Crippen molar-refractivity contribution in [3.8, 4) is 6.07 Å². The third kappa shape index (κ3) is 1.89. The molecule has 2 heterocycles. The monoisotopic (exact) mass is 212 g/mol. The zero-order valence-electron chi connectivity index (χ0n) is 8.03. The van der Waals surface area contributed by atoms with Crippen LogP contribution in [0.3, 0.4) is 0 Å². The van der Waals surface area contributed by atoms with Crippen molar-refractivity contribution in [2.45, 2.75) is 12.3 Å². The molecule has 1 saturated heterocycles. The van der Waals surface area contributed by atoms with Crippen LogP contribution in [0.5, 0.6) is 0 Å². The average Bonchev–Trinajstić information content (AvgIpc) is 2.71. The van der Waals surface area contributed by atoms with Gasteiger partial charge in [0, 0.05) is 19.5 Å². The smallest absolute Gasteiger partial charge is 0.138 e. The fraction of sp³-hybridized carbons (Fsp3) is 0.556. The first-order valence-electron chi connectivity index (χ1n) is 4.46. The normalized spacial score (nSPS) is 20.1. The molecule has 2 rings (SSSR count). The zero-order valence-corrected chi connectivity index (χ0v) is 8.84. The number of hydrogen-bond acceptors (Lipinski definition) is 3. The Morgan fingerprint density at radius 2 is 2.50 bits per heavy atom. The summed E-state index contributed by atoms with van der Waals surface area (Å²) in [6.45, 7) is 2.05. The average molecular weight is 213 g/mol. The van der Waals surface area contributed by atoms with E-state index in [-0.39, 0.29) is 12.4 Å². The molecule has 5 heteroatoms. The number of rotatable bonds is 1. The topological polar surface area (TPSA) is 53.6 Å². The van der Waals surface area contributed by atoms with Crippen molar-refractivity contribution in [1.82, 2.24) is 15.1 Å². The Morgan fingerprint density at radius 1 is 1.71 bits per heavy atom. The van der Waals surface area contributed by atoms with E-state index in [9.17, 15) is 0 Å². The van der Waals surface area contributed by atoms with Gasteiger partial charge in [-0.25, -0.2) is 0 Å². The van der Waals surface area contributed by atoms with Crippen molar-refractivity contribution in [1.29, 1.82) is 5.26 Å². The summed E-state index contributed by atoms with van der Waals surface area (Å²) < 4.78 is 1.65. The summed E-state index contributed by atoms with van der Waals surface area (Å²) in [4.78, 5) is 0. The Hall–Kier alpha value is -1.05. The summed E-state index contributed by atoms with van der Waals surface area (Å²) in [6, 6.07) is 4.01. The second kappa shape index (κ2) is 4.45. The van der Waals surface area contributed by atoms with Gasteiger partial charge in [0.2, 0.25) is 0 Å². The molecule has 14 heavy (non-hydrogen) atoms. The maximum Gasteiger partial charge on any atom is 0.138 e. The van der Waals surface area contributed by atoms with E-state index in [1.807, 2.05) is 13.1 Å². The Balaban J connectivity index is 0.000000980. The van der Waals surface area contributed by atoms with Crippen LogP contribution in [0.25, 0.3) is 0 Å². The quantitative estimate of drug-likeness (QED) is 0.749. The molecule has 4 nitrogen and oxygen atoms in total. The fourth-order valence-corrected chi connectivity index (χ4v) is 1.70. The van der Waals surface area contributed by atoms with Gasteiger partial charge in [-0.15, -0.1) is 12.4 Å². The van der Waals surface area contributed by atoms with Gasteiger partial charge in [0.05, 0.1) is 5.69 Å². The van der Waals surface area contributed by atoms with E-state index < -0.39 is 0 Å². The van der Waals surface area contributed by atoms with E-state index in [0.717, 1.165) is 25.2 Å². The van der Waals surface area contributed by atoms with Gasteiger partial charge in [-0.1, -0.05) is 0 Å². The molecule has 0 saturated carbocycles. The van der Waals surface area contributed by atoms with Crippen LogP contribution < -0.4 is 5.32 Å². The van der Waals surface area contributed by atoms with Gasteiger partial charge < -0.3 is 5.32 Å². The predicted molar refractivity (Wildman–Crippen MR) is 55.4 cm³/mol. The second-order valence-electron chi connectivity index (χ2n) is 3.38. The molecular weight excluding hydrogens is 200 g/mol. The first-order chi connectivity index (χ1) is 6.31. The summed E-state index contributed by atoms with van der Waals surface area (Å²) in [5, 5.41) is 16.4. The van der Waals surface area contributed by atoms with Crippen LogP contribution in [0.2, 0.25) is 0 Å². The van der Waals surface area contributed by atoms with E-state index in [0.29, 0.717) is 11.6 Å². The first-order valence-corrected chi connectivity index (χ1v) is 4.46. The van der Waals surface area contributed by atoms with Crippen LogP contribution >= 0.6 is 12.4 Å². The Bertz CT molecular complexity index is 346. The summed E-state index contributed by atoms with van der Waals surface area (Å²) in [5.41, 5.74) is 1.69. The summed E-state index contributed by atoms with van der Waals surface area (Å²) in [5.74, 6) is 0.494. The molecule has 76 valence electrons. The maximum atomic E-state index is 8.75. The SMILES string of the molecule is Cl.Cn1nc(C2CCNC2)cc1C#N. The molecule has 1 aliphatic heterocycles. The number of halogens is 1. The van der Waals surface area contributed by atoms with Gasteiger partial charge in [-0.05, 0) is 19.0 Å². The highest BCUT2D eigenvalue weighted by atomic mass is 35.5. The lowest BCUT2D eigenvalue weighted by atomic mass is 10.1. The molecule has 1 fully saturated rings. The van der Waals surface area contributed by atoms with Crippen LogP contribution in [0.4, 0.5) is 0 Å². The van der Waals surface area contributed by atoms with Gasteiger partial charge in [-0.2, -0.15) is 10.4 Å². The lowest BCUT2D eigenvalue weighted by Crippen LogP contribution is -2.08. The third-order valence-electron chi connectivity index (χ3n) is 2.49. The van der Waals surface area contributed by atoms with Gasteiger partial charge in [0.15, 0.2) is 0 Å². The molecule has 0 amide bonds. The number of aryl methyl sites for hydroxylation is 1. The summed E-state index contributed by atoms with van der Waals surface area (Å²) >= 11 is 0. The molecule has 1 N–H and O–H groups in total. The zero-order chi connectivity index (χ0) is 9.26. The van der Waals surface area contributed by atoms with Crippen LogP contribution in [0, 0.1) is 11.3 Å². The highest BCUT2D eigenvalue weighted by molar-refractivity contribution is 5.85. The van der Waals surface area contributed by atoms with E-state index in [2.05, 4.69) is 16.5 Å². The molecular formula is C9H13ClN4. The molecule has 1 aromatic heterocycles. The van der Waals surface area contributed by atoms with Gasteiger partial charge in [-0.3, -0.25) is 4.68 Å². The molecule has 0 radical (unpaired) electrons. The molecule has 1 aliphatic rings. The Morgan fingerprint density at radius 3 is 3.00 bits per heavy atom. The minimum absolute atomic E-state index is 0. The third-order valence-corrected chi connectivity index (χ3v) is 2.49. The van der Waals surface area contributed by atoms with Crippen molar-refractivity contribution in [2.24, 2.45) is 7.05 Å². The van der Waals surface area contributed by atoms with Crippen LogP contribution in [0.1, 0.15) is 23.7 Å². The van der Waals surface area contributed by atoms with E-state index in [4.69, 9.17) is 5.26 Å². The standard InChI is InChI=1S/C9H12N4.ClH/c1-13-8(5-10)4-9(12-13)7-2-3-11-6-7;/h4,7,11H,2-3,6H2,1H3;1H. The van der Waals surface area contributed by atoms with Crippen molar-refractivity contribution < 1.29 is 0 Å². The molecule has 0 aromatic carbocycles. The van der Waals surface area contributed by atoms with E-state index in [1.165, 1.54) is 0 Å². The maximum absolute atomic E-state index is 8.75. The van der Waals surface area contributed by atoms with Crippen LogP contribution in [0.15, 0.2) is 6.07 Å². The first kappa shape index (κ1) is 11.0. The lowest BCUT2D eigenvalue weighted by Gasteiger charge is -2.01. The van der Waals surface area contributed by atoms with E-state index in [1.54, 1.807) is 4.68 Å². The highest BCUT2D eigenvalue weighted by Crippen LogP contribution is 2.21. The largest absolute Gasteiger partial charge is 0.316 e. The molecule has 0 aliphatic carbocycles. The highest BCUT2D eigenvalue weighted by Gasteiger charge is 2.19. The van der Waals surface area contributed by atoms with Gasteiger partial charge >= 0.3 is 0 Å². The number of nitrogens with one attached hydrogen (secondary N) is 1. The van der Waals surface area contributed by atoms with Crippen LogP contribution in [-0.4, -0.2) is 22.9 Å². The minimum atomic E-state index is 0. The molecule has 1 atom stereocenters. The van der Waals surface area contributed by atoms with E-state index >= 15 is 0 Å². The Labute approximate surface area is 89.3 Å². The summed E-state index contributed by atoms with van der Waals surface area (Å²) in [7, 11) is 1.81.